The van der Waals surface area contributed by atoms with Crippen molar-refractivity contribution in [1.82, 2.24) is 34.8 Å². The highest BCUT2D eigenvalue weighted by atomic mass is 16.3. The molecule has 0 fully saturated rings. The molecule has 160 valence electrons. The van der Waals surface area contributed by atoms with Gasteiger partial charge in [-0.25, -0.2) is 14.5 Å². The normalized spacial score (nSPS) is 16.3. The molecule has 2 aromatic heterocycles. The molecule has 3 rings (SSSR count). The van der Waals surface area contributed by atoms with Gasteiger partial charge in [-0.05, 0) is 33.1 Å². The number of hydrogen-bond acceptors (Lipinski definition) is 5. The molecule has 0 saturated carbocycles. The van der Waals surface area contributed by atoms with Gasteiger partial charge in [0.1, 0.15) is 11.4 Å². The molecule has 2 aromatic rings. The van der Waals surface area contributed by atoms with E-state index < -0.39 is 5.60 Å². The fourth-order valence-electron chi connectivity index (χ4n) is 3.40. The molecule has 1 atom stereocenters. The van der Waals surface area contributed by atoms with Crippen molar-refractivity contribution < 1.29 is 5.11 Å². The smallest absolute Gasteiger partial charge is 0.345 e. The van der Waals surface area contributed by atoms with E-state index >= 15 is 0 Å². The highest BCUT2D eigenvalue weighted by Crippen LogP contribution is 2.19. The predicted molar refractivity (Wildman–Crippen MR) is 111 cm³/mol. The zero-order valence-corrected chi connectivity index (χ0v) is 17.6. The van der Waals surface area contributed by atoms with Crippen LogP contribution in [0.5, 0.6) is 0 Å². The van der Waals surface area contributed by atoms with Crippen LogP contribution in [0.15, 0.2) is 22.2 Å². The monoisotopic (exact) mass is 404 g/mol. The number of aryl methyl sites for hydroxylation is 3. The lowest BCUT2D eigenvalue weighted by Crippen LogP contribution is -2.39. The second-order valence-electron chi connectivity index (χ2n) is 7.68. The number of nitrogens with one attached hydrogen (secondary N) is 2. The van der Waals surface area contributed by atoms with E-state index in [1.807, 2.05) is 14.0 Å². The predicted octanol–water partition coefficient (Wildman–Crippen LogP) is -0.0325. The fraction of sp³-hybridized carbons (Fsp3) is 0.684. The van der Waals surface area contributed by atoms with E-state index in [0.717, 1.165) is 43.6 Å². The van der Waals surface area contributed by atoms with Gasteiger partial charge >= 0.3 is 5.69 Å². The Bertz CT molecular complexity index is 892. The largest absolute Gasteiger partial charge is 0.383 e. The summed E-state index contributed by atoms with van der Waals surface area (Å²) in [6.07, 6.45) is 7.22. The van der Waals surface area contributed by atoms with Crippen LogP contribution < -0.4 is 16.3 Å². The van der Waals surface area contributed by atoms with Gasteiger partial charge in [-0.1, -0.05) is 0 Å². The lowest BCUT2D eigenvalue weighted by Gasteiger charge is -2.20. The van der Waals surface area contributed by atoms with Crippen LogP contribution in [0.4, 0.5) is 0 Å². The van der Waals surface area contributed by atoms with Crippen molar-refractivity contribution in [3.05, 3.63) is 34.3 Å². The van der Waals surface area contributed by atoms with E-state index in [-0.39, 0.29) is 12.2 Å². The molecular formula is C19H32N8O2. The van der Waals surface area contributed by atoms with Crippen LogP contribution in [0.2, 0.25) is 0 Å². The quantitative estimate of drug-likeness (QED) is 0.323. The van der Waals surface area contributed by atoms with Crippen molar-refractivity contribution in [1.29, 1.82) is 0 Å². The molecule has 0 saturated heterocycles. The van der Waals surface area contributed by atoms with Crippen LogP contribution in [-0.2, 0) is 32.2 Å². The van der Waals surface area contributed by atoms with Crippen LogP contribution in [0, 0.1) is 0 Å². The molecule has 10 heteroatoms. The zero-order chi connectivity index (χ0) is 20.9. The van der Waals surface area contributed by atoms with Crippen LogP contribution >= 0.6 is 0 Å². The fourth-order valence-corrected chi connectivity index (χ4v) is 3.40. The Labute approximate surface area is 170 Å². The summed E-state index contributed by atoms with van der Waals surface area (Å²) >= 11 is 0. The number of aromatic nitrogens is 5. The maximum atomic E-state index is 12.4. The van der Waals surface area contributed by atoms with Gasteiger partial charge in [-0.2, -0.15) is 10.2 Å². The van der Waals surface area contributed by atoms with E-state index in [2.05, 4.69) is 25.8 Å². The molecule has 0 radical (unpaired) electrons. The highest BCUT2D eigenvalue weighted by molar-refractivity contribution is 5.79. The van der Waals surface area contributed by atoms with Crippen LogP contribution in [0.3, 0.4) is 0 Å². The average molecular weight is 405 g/mol. The third-order valence-electron chi connectivity index (χ3n) is 5.09. The van der Waals surface area contributed by atoms with E-state index in [4.69, 9.17) is 0 Å². The zero-order valence-electron chi connectivity index (χ0n) is 17.6. The van der Waals surface area contributed by atoms with E-state index in [1.54, 1.807) is 33.2 Å². The first kappa shape index (κ1) is 21.1. The molecule has 0 amide bonds. The van der Waals surface area contributed by atoms with Gasteiger partial charge in [0.2, 0.25) is 0 Å². The minimum Gasteiger partial charge on any atom is -0.383 e. The summed E-state index contributed by atoms with van der Waals surface area (Å²) < 4.78 is 5.02. The molecule has 10 nitrogen and oxygen atoms in total. The van der Waals surface area contributed by atoms with Gasteiger partial charge in [0.15, 0.2) is 5.96 Å². The molecule has 0 aromatic carbocycles. The summed E-state index contributed by atoms with van der Waals surface area (Å²) in [5.41, 5.74) is -0.380. The second-order valence-corrected chi connectivity index (χ2v) is 7.68. The van der Waals surface area contributed by atoms with Crippen molar-refractivity contribution in [2.24, 2.45) is 12.0 Å². The van der Waals surface area contributed by atoms with Crippen molar-refractivity contribution in [3.63, 3.8) is 0 Å². The third-order valence-corrected chi connectivity index (χ3v) is 5.09. The van der Waals surface area contributed by atoms with Gasteiger partial charge in [-0.3, -0.25) is 9.25 Å². The summed E-state index contributed by atoms with van der Waals surface area (Å²) in [5.74, 6) is 1.54. The lowest BCUT2D eigenvalue weighted by atomic mass is 10.0. The molecule has 1 unspecified atom stereocenters. The minimum atomic E-state index is -1.10. The average Bonchev–Trinajstić information content (AvgIpc) is 3.28. The Kier molecular flexibility index (Phi) is 6.73. The molecule has 29 heavy (non-hydrogen) atoms. The summed E-state index contributed by atoms with van der Waals surface area (Å²) in [5, 5.41) is 25.7. The van der Waals surface area contributed by atoms with Gasteiger partial charge in [-0.15, -0.1) is 0 Å². The first-order valence-corrected chi connectivity index (χ1v) is 10.3. The van der Waals surface area contributed by atoms with Gasteiger partial charge in [0.05, 0.1) is 12.7 Å². The number of aliphatic hydroxyl groups is 1. The van der Waals surface area contributed by atoms with Gasteiger partial charge in [0, 0.05) is 51.4 Å². The maximum absolute atomic E-state index is 12.4. The number of hydrogen-bond donors (Lipinski definition) is 3. The Morgan fingerprint density at radius 1 is 1.38 bits per heavy atom. The molecule has 1 aliphatic heterocycles. The number of guanidine groups is 1. The van der Waals surface area contributed by atoms with Crippen LogP contribution in [0.1, 0.15) is 44.5 Å². The Morgan fingerprint density at radius 2 is 2.21 bits per heavy atom. The van der Waals surface area contributed by atoms with Crippen molar-refractivity contribution in [2.75, 3.05) is 19.6 Å². The van der Waals surface area contributed by atoms with E-state index in [1.165, 1.54) is 0 Å². The van der Waals surface area contributed by atoms with Gasteiger partial charge < -0.3 is 15.7 Å². The van der Waals surface area contributed by atoms with Crippen molar-refractivity contribution in [3.8, 4) is 0 Å². The number of rotatable bonds is 8. The third kappa shape index (κ3) is 5.26. The van der Waals surface area contributed by atoms with E-state index in [0.29, 0.717) is 25.6 Å². The molecule has 1 aliphatic rings. The number of fused-ring (bicyclic) bond motifs is 1. The molecule has 3 heterocycles. The highest BCUT2D eigenvalue weighted by Gasteiger charge is 2.24. The summed E-state index contributed by atoms with van der Waals surface area (Å²) in [4.78, 5) is 16.9. The number of aliphatic imine (C=N–C) groups is 1. The first-order chi connectivity index (χ1) is 13.9. The Hall–Kier alpha value is -2.62. The first-order valence-electron chi connectivity index (χ1n) is 10.3. The van der Waals surface area contributed by atoms with Crippen LogP contribution in [-0.4, -0.2) is 54.8 Å². The van der Waals surface area contributed by atoms with Gasteiger partial charge in [0.25, 0.3) is 0 Å². The summed E-state index contributed by atoms with van der Waals surface area (Å²) in [6, 6.07) is 0. The second kappa shape index (κ2) is 9.25. The summed E-state index contributed by atoms with van der Waals surface area (Å²) in [7, 11) is 1.82. The standard InChI is InChI=1S/C19H32N8O2/c1-4-20-17(22-14-19(2,29)15-12-23-25(3)13-15)21-9-7-11-27-18(28)26-10-6-5-8-16(26)24-27/h12-13,29H,4-11,14H2,1-3H3,(H2,20,21,22). The van der Waals surface area contributed by atoms with Crippen molar-refractivity contribution in [2.45, 2.75) is 58.2 Å². The molecule has 0 aliphatic carbocycles. The van der Waals surface area contributed by atoms with Crippen molar-refractivity contribution >= 4 is 5.96 Å². The SMILES string of the molecule is CCNC(=NCC(C)(O)c1cnn(C)c1)NCCCn1nc2n(c1=O)CCCC2. The topological polar surface area (TPSA) is 114 Å². The maximum Gasteiger partial charge on any atom is 0.345 e. The Morgan fingerprint density at radius 3 is 2.90 bits per heavy atom. The van der Waals surface area contributed by atoms with E-state index in [9.17, 15) is 9.90 Å². The molecule has 0 bridgehead atoms. The molecule has 3 N–H and O–H groups in total. The van der Waals surface area contributed by atoms with Crippen LogP contribution in [0.25, 0.3) is 0 Å². The molecule has 0 spiro atoms. The minimum absolute atomic E-state index is 0.00667. The summed E-state index contributed by atoms with van der Waals surface area (Å²) in [6.45, 7) is 6.64. The Balaban J connectivity index is 1.52. The number of nitrogens with zero attached hydrogens (tertiary/aromatic N) is 6. The lowest BCUT2D eigenvalue weighted by molar-refractivity contribution is 0.0672. The molecular weight excluding hydrogens is 372 g/mol.